The average Bonchev–Trinajstić information content (AvgIpc) is 2.27. The maximum atomic E-state index is 13.5. The molecule has 0 unspecified atom stereocenters. The van der Waals surface area contributed by atoms with Crippen molar-refractivity contribution in [3.05, 3.63) is 40.2 Å². The Morgan fingerprint density at radius 3 is 2.72 bits per heavy atom. The molecule has 18 heavy (non-hydrogen) atoms. The summed E-state index contributed by atoms with van der Waals surface area (Å²) in [4.78, 5) is 11.6. The molecule has 0 fully saturated rings. The molecule has 5 heteroatoms. The summed E-state index contributed by atoms with van der Waals surface area (Å²) in [6.07, 6.45) is 1.15. The number of nitriles is 1. The molecule has 0 aliphatic heterocycles. The quantitative estimate of drug-likeness (QED) is 0.676. The summed E-state index contributed by atoms with van der Waals surface area (Å²) >= 11 is 5.82. The van der Waals surface area contributed by atoms with Crippen LogP contribution in [0.3, 0.4) is 0 Å². The Morgan fingerprint density at radius 1 is 1.56 bits per heavy atom. The first-order chi connectivity index (χ1) is 8.45. The van der Waals surface area contributed by atoms with E-state index in [1.807, 2.05) is 0 Å². The van der Waals surface area contributed by atoms with Crippen molar-refractivity contribution < 1.29 is 9.18 Å². The molecule has 0 aromatic heterocycles. The highest BCUT2D eigenvalue weighted by atomic mass is 35.5. The lowest BCUT2D eigenvalue weighted by atomic mass is 10.1. The fourth-order valence-electron chi connectivity index (χ4n) is 1.28. The summed E-state index contributed by atoms with van der Waals surface area (Å²) in [6, 6.07) is 5.79. The third-order valence-corrected chi connectivity index (χ3v) is 2.40. The van der Waals surface area contributed by atoms with Crippen molar-refractivity contribution >= 4 is 23.6 Å². The number of hydrogen-bond acceptors (Lipinski definition) is 2. The van der Waals surface area contributed by atoms with Gasteiger partial charge in [0.2, 0.25) is 0 Å². The monoisotopic (exact) mass is 266 g/mol. The summed E-state index contributed by atoms with van der Waals surface area (Å²) < 4.78 is 13.5. The van der Waals surface area contributed by atoms with Gasteiger partial charge in [0.25, 0.3) is 5.91 Å². The molecule has 0 atom stereocenters. The van der Waals surface area contributed by atoms with Gasteiger partial charge in [-0.3, -0.25) is 4.79 Å². The molecule has 0 saturated carbocycles. The van der Waals surface area contributed by atoms with Crippen molar-refractivity contribution in [1.29, 1.82) is 5.26 Å². The van der Waals surface area contributed by atoms with E-state index >= 15 is 0 Å². The first-order valence-electron chi connectivity index (χ1n) is 5.32. The van der Waals surface area contributed by atoms with Crippen LogP contribution >= 0.6 is 11.6 Å². The van der Waals surface area contributed by atoms with Crippen LogP contribution in [-0.2, 0) is 4.79 Å². The molecule has 1 aromatic rings. The van der Waals surface area contributed by atoms with Crippen LogP contribution in [-0.4, -0.2) is 11.9 Å². The standard InChI is InChI=1S/C13H12ClFN2O/c1-8(2)17-13(18)9(7-16)6-10-11(14)4-3-5-12(10)15/h3-6,8H,1-2H3,(H,17,18)/b9-6+. The van der Waals surface area contributed by atoms with Crippen molar-refractivity contribution in [3.8, 4) is 6.07 Å². The van der Waals surface area contributed by atoms with E-state index in [4.69, 9.17) is 16.9 Å². The second-order valence-corrected chi connectivity index (χ2v) is 4.34. The van der Waals surface area contributed by atoms with Gasteiger partial charge in [0.05, 0.1) is 5.02 Å². The number of halogens is 2. The SMILES string of the molecule is CC(C)NC(=O)/C(C#N)=C/c1c(F)cccc1Cl. The molecule has 94 valence electrons. The highest BCUT2D eigenvalue weighted by Gasteiger charge is 2.12. The highest BCUT2D eigenvalue weighted by molar-refractivity contribution is 6.32. The molecular formula is C13H12ClFN2O. The van der Waals surface area contributed by atoms with Gasteiger partial charge < -0.3 is 5.32 Å². The van der Waals surface area contributed by atoms with Gasteiger partial charge >= 0.3 is 0 Å². The van der Waals surface area contributed by atoms with Crippen LogP contribution in [0.25, 0.3) is 6.08 Å². The lowest BCUT2D eigenvalue weighted by molar-refractivity contribution is -0.117. The Labute approximate surface area is 110 Å². The lowest BCUT2D eigenvalue weighted by Crippen LogP contribution is -2.30. The summed E-state index contributed by atoms with van der Waals surface area (Å²) in [5.74, 6) is -1.13. The van der Waals surface area contributed by atoms with Crippen molar-refractivity contribution in [1.82, 2.24) is 5.32 Å². The minimum atomic E-state index is -0.576. The molecule has 0 radical (unpaired) electrons. The van der Waals surface area contributed by atoms with E-state index in [0.29, 0.717) is 0 Å². The zero-order valence-electron chi connectivity index (χ0n) is 10.00. The third kappa shape index (κ3) is 3.57. The number of benzene rings is 1. The number of hydrogen-bond donors (Lipinski definition) is 1. The van der Waals surface area contributed by atoms with E-state index in [1.54, 1.807) is 19.9 Å². The number of rotatable bonds is 3. The molecule has 0 bridgehead atoms. The molecular weight excluding hydrogens is 255 g/mol. The Bertz CT molecular complexity index is 512. The zero-order valence-corrected chi connectivity index (χ0v) is 10.8. The molecule has 0 aliphatic carbocycles. The maximum absolute atomic E-state index is 13.5. The molecule has 0 saturated heterocycles. The Hall–Kier alpha value is -1.86. The topological polar surface area (TPSA) is 52.9 Å². The highest BCUT2D eigenvalue weighted by Crippen LogP contribution is 2.21. The van der Waals surface area contributed by atoms with Crippen LogP contribution in [0.2, 0.25) is 5.02 Å². The van der Waals surface area contributed by atoms with Crippen LogP contribution < -0.4 is 5.32 Å². The van der Waals surface area contributed by atoms with Gasteiger partial charge in [0.15, 0.2) is 0 Å². The van der Waals surface area contributed by atoms with Gasteiger partial charge in [0, 0.05) is 11.6 Å². The van der Waals surface area contributed by atoms with Crippen LogP contribution in [0.15, 0.2) is 23.8 Å². The predicted octanol–water partition coefficient (Wildman–Crippen LogP) is 2.91. The van der Waals surface area contributed by atoms with E-state index in [-0.39, 0.29) is 22.2 Å². The van der Waals surface area contributed by atoms with E-state index in [9.17, 15) is 9.18 Å². The molecule has 3 nitrogen and oxygen atoms in total. The Kier molecular flexibility index (Phi) is 4.87. The minimum absolute atomic E-state index is 0.0367. The van der Waals surface area contributed by atoms with Crippen molar-refractivity contribution in [2.45, 2.75) is 19.9 Å². The van der Waals surface area contributed by atoms with Gasteiger partial charge in [-0.25, -0.2) is 4.39 Å². The van der Waals surface area contributed by atoms with Gasteiger partial charge in [-0.05, 0) is 32.1 Å². The number of nitrogens with zero attached hydrogens (tertiary/aromatic N) is 1. The van der Waals surface area contributed by atoms with E-state index in [2.05, 4.69) is 5.32 Å². The number of nitrogens with one attached hydrogen (secondary N) is 1. The summed E-state index contributed by atoms with van der Waals surface area (Å²) in [5, 5.41) is 11.6. The molecule has 0 aliphatic rings. The van der Waals surface area contributed by atoms with Crippen molar-refractivity contribution in [2.75, 3.05) is 0 Å². The van der Waals surface area contributed by atoms with Crippen LogP contribution in [0.5, 0.6) is 0 Å². The predicted molar refractivity (Wildman–Crippen MR) is 68.3 cm³/mol. The first-order valence-corrected chi connectivity index (χ1v) is 5.70. The summed E-state index contributed by atoms with van der Waals surface area (Å²) in [6.45, 7) is 3.53. The Morgan fingerprint density at radius 2 is 2.22 bits per heavy atom. The zero-order chi connectivity index (χ0) is 13.7. The van der Waals surface area contributed by atoms with Crippen molar-refractivity contribution in [3.63, 3.8) is 0 Å². The van der Waals surface area contributed by atoms with Crippen LogP contribution in [0, 0.1) is 17.1 Å². The maximum Gasteiger partial charge on any atom is 0.262 e. The molecule has 1 rings (SSSR count). The molecule has 0 heterocycles. The van der Waals surface area contributed by atoms with Crippen LogP contribution in [0.1, 0.15) is 19.4 Å². The normalized spacial score (nSPS) is 11.2. The molecule has 1 N–H and O–H groups in total. The summed E-state index contributed by atoms with van der Waals surface area (Å²) in [7, 11) is 0. The van der Waals surface area contributed by atoms with Gasteiger partial charge in [-0.1, -0.05) is 17.7 Å². The second-order valence-electron chi connectivity index (χ2n) is 3.93. The van der Waals surface area contributed by atoms with E-state index in [0.717, 1.165) is 6.08 Å². The van der Waals surface area contributed by atoms with E-state index in [1.165, 1.54) is 18.2 Å². The second kappa shape index (κ2) is 6.18. The first kappa shape index (κ1) is 14.2. The minimum Gasteiger partial charge on any atom is -0.349 e. The van der Waals surface area contributed by atoms with Crippen LogP contribution in [0.4, 0.5) is 4.39 Å². The smallest absolute Gasteiger partial charge is 0.262 e. The lowest BCUT2D eigenvalue weighted by Gasteiger charge is -2.07. The van der Waals surface area contributed by atoms with E-state index < -0.39 is 11.7 Å². The summed E-state index contributed by atoms with van der Waals surface area (Å²) in [5.41, 5.74) is -0.148. The fourth-order valence-corrected chi connectivity index (χ4v) is 1.50. The largest absolute Gasteiger partial charge is 0.349 e. The molecule has 1 amide bonds. The number of carbonyl (C=O) groups is 1. The van der Waals surface area contributed by atoms with Gasteiger partial charge in [-0.15, -0.1) is 0 Å². The van der Waals surface area contributed by atoms with Gasteiger partial charge in [0.1, 0.15) is 17.5 Å². The Balaban J connectivity index is 3.13. The van der Waals surface area contributed by atoms with Crippen molar-refractivity contribution in [2.24, 2.45) is 0 Å². The third-order valence-electron chi connectivity index (χ3n) is 2.07. The molecule has 0 spiro atoms. The fraction of sp³-hybridized carbons (Fsp3) is 0.231. The number of carbonyl (C=O) groups excluding carboxylic acids is 1. The molecule has 1 aromatic carbocycles. The van der Waals surface area contributed by atoms with Gasteiger partial charge in [-0.2, -0.15) is 5.26 Å². The number of amides is 1. The average molecular weight is 267 g/mol.